The Kier molecular flexibility index (Phi) is 6.19. The Morgan fingerprint density at radius 1 is 1.26 bits per heavy atom. The van der Waals surface area contributed by atoms with E-state index in [1.165, 1.54) is 11.8 Å². The summed E-state index contributed by atoms with van der Waals surface area (Å²) < 4.78 is 44.2. The van der Waals surface area contributed by atoms with E-state index in [1.807, 2.05) is 0 Å². The van der Waals surface area contributed by atoms with Crippen LogP contribution in [0.4, 0.5) is 13.2 Å². The number of hydrogen-bond acceptors (Lipinski definition) is 4. The minimum atomic E-state index is -4.61. The van der Waals surface area contributed by atoms with E-state index in [4.69, 9.17) is 9.84 Å². The van der Waals surface area contributed by atoms with Crippen LogP contribution in [0.3, 0.4) is 0 Å². The lowest BCUT2D eigenvalue weighted by Gasteiger charge is -2.22. The van der Waals surface area contributed by atoms with Gasteiger partial charge in [-0.1, -0.05) is 0 Å². The van der Waals surface area contributed by atoms with Gasteiger partial charge in [0.05, 0.1) is 23.7 Å². The van der Waals surface area contributed by atoms with Gasteiger partial charge in [0, 0.05) is 25.4 Å². The van der Waals surface area contributed by atoms with Crippen LogP contribution in [0.25, 0.3) is 0 Å². The minimum Gasteiger partial charge on any atom is -0.481 e. The van der Waals surface area contributed by atoms with Crippen molar-refractivity contribution in [1.29, 1.82) is 0 Å². The van der Waals surface area contributed by atoms with Gasteiger partial charge in [0.1, 0.15) is 0 Å². The normalized spacial score (nSPS) is 28.8. The van der Waals surface area contributed by atoms with Crippen molar-refractivity contribution in [2.24, 2.45) is 11.8 Å². The van der Waals surface area contributed by atoms with Crippen molar-refractivity contribution in [3.05, 3.63) is 0 Å². The van der Waals surface area contributed by atoms with Crippen LogP contribution in [0, 0.1) is 11.8 Å². The molecule has 2 aliphatic rings. The predicted octanol–water partition coefficient (Wildman–Crippen LogP) is 2.01. The van der Waals surface area contributed by atoms with Gasteiger partial charge in [-0.25, -0.2) is 0 Å². The Balaban J connectivity index is 1.81. The average Bonchev–Trinajstić information content (AvgIpc) is 2.94. The third-order valence-corrected chi connectivity index (χ3v) is 5.27. The van der Waals surface area contributed by atoms with Gasteiger partial charge in [0.15, 0.2) is 0 Å². The van der Waals surface area contributed by atoms with E-state index in [1.54, 1.807) is 0 Å². The molecule has 1 unspecified atom stereocenters. The van der Waals surface area contributed by atoms with Crippen molar-refractivity contribution in [3.63, 3.8) is 0 Å². The quantitative estimate of drug-likeness (QED) is 0.817. The van der Waals surface area contributed by atoms with E-state index in [9.17, 15) is 22.8 Å². The van der Waals surface area contributed by atoms with Gasteiger partial charge in [0.25, 0.3) is 0 Å². The number of ether oxygens (including phenoxy) is 1. The molecule has 0 aromatic carbocycles. The first-order valence-corrected chi connectivity index (χ1v) is 8.71. The van der Waals surface area contributed by atoms with Gasteiger partial charge in [-0.05, 0) is 19.3 Å². The molecule has 2 fully saturated rings. The Morgan fingerprint density at radius 2 is 2.00 bits per heavy atom. The number of carbonyl (C=O) groups excluding carboxylic acids is 1. The maximum atomic E-state index is 12.9. The fourth-order valence-electron chi connectivity index (χ4n) is 2.90. The van der Waals surface area contributed by atoms with Crippen molar-refractivity contribution >= 4 is 23.6 Å². The molecule has 5 nitrogen and oxygen atoms in total. The predicted molar refractivity (Wildman–Crippen MR) is 78.2 cm³/mol. The highest BCUT2D eigenvalue weighted by molar-refractivity contribution is 7.99. The first-order chi connectivity index (χ1) is 10.8. The summed E-state index contributed by atoms with van der Waals surface area (Å²) in [5, 5.41) is 8.93. The summed E-state index contributed by atoms with van der Waals surface area (Å²) in [7, 11) is 0. The summed E-state index contributed by atoms with van der Waals surface area (Å²) in [5.74, 6) is -4.84. The monoisotopic (exact) mass is 355 g/mol. The molecule has 132 valence electrons. The fraction of sp³-hybridized carbons (Fsp3) is 0.857. The lowest BCUT2D eigenvalue weighted by atomic mass is 9.96. The van der Waals surface area contributed by atoms with Gasteiger partial charge >= 0.3 is 12.1 Å². The number of halogens is 3. The summed E-state index contributed by atoms with van der Waals surface area (Å²) in [6.45, 7) is -0.239. The molecular formula is C14H20F3NO4S. The molecule has 0 bridgehead atoms. The summed E-state index contributed by atoms with van der Waals surface area (Å²) in [4.78, 5) is 24.0. The topological polar surface area (TPSA) is 66.8 Å². The second-order valence-electron chi connectivity index (χ2n) is 5.90. The summed E-state index contributed by atoms with van der Waals surface area (Å²) >= 11 is 1.33. The summed E-state index contributed by atoms with van der Waals surface area (Å²) in [6.07, 6.45) is -1.47. The van der Waals surface area contributed by atoms with Gasteiger partial charge in [-0.2, -0.15) is 13.2 Å². The highest BCUT2D eigenvalue weighted by Gasteiger charge is 2.53. The molecule has 2 rings (SSSR count). The van der Waals surface area contributed by atoms with Gasteiger partial charge < -0.3 is 14.7 Å². The molecule has 1 N–H and O–H groups in total. The number of thioether (sulfide) groups is 1. The number of nitrogens with zero attached hydrogens (tertiary/aromatic N) is 1. The number of carbonyl (C=O) groups is 2. The Labute approximate surface area is 136 Å². The van der Waals surface area contributed by atoms with Crippen molar-refractivity contribution in [2.75, 3.05) is 31.2 Å². The lowest BCUT2D eigenvalue weighted by molar-refractivity contribution is -0.188. The number of carboxylic acids is 1. The molecule has 23 heavy (non-hydrogen) atoms. The average molecular weight is 355 g/mol. The van der Waals surface area contributed by atoms with Crippen LogP contribution in [-0.4, -0.2) is 65.4 Å². The molecule has 0 aromatic heterocycles. The van der Waals surface area contributed by atoms with E-state index < -0.39 is 36.4 Å². The minimum absolute atomic E-state index is 0.0524. The smallest absolute Gasteiger partial charge is 0.394 e. The zero-order chi connectivity index (χ0) is 17.0. The van der Waals surface area contributed by atoms with Crippen molar-refractivity contribution in [1.82, 2.24) is 4.90 Å². The summed E-state index contributed by atoms with van der Waals surface area (Å²) in [5.41, 5.74) is 0. The molecule has 3 atom stereocenters. The second-order valence-corrected chi connectivity index (χ2v) is 6.93. The molecule has 2 aliphatic heterocycles. The largest absolute Gasteiger partial charge is 0.481 e. The molecule has 0 aliphatic carbocycles. The van der Waals surface area contributed by atoms with E-state index in [0.717, 1.165) is 24.2 Å². The van der Waals surface area contributed by atoms with Crippen LogP contribution in [0.15, 0.2) is 0 Å². The Morgan fingerprint density at radius 3 is 2.52 bits per heavy atom. The Hall–Kier alpha value is -0.960. The second kappa shape index (κ2) is 7.74. The van der Waals surface area contributed by atoms with E-state index in [-0.39, 0.29) is 18.4 Å². The molecule has 2 heterocycles. The first kappa shape index (κ1) is 18.4. The number of likely N-dealkylation sites (tertiary alicyclic amines) is 1. The molecule has 1 amide bonds. The molecule has 0 saturated carbocycles. The van der Waals surface area contributed by atoms with Crippen molar-refractivity contribution in [2.45, 2.75) is 31.5 Å². The zero-order valence-electron chi connectivity index (χ0n) is 12.6. The summed E-state index contributed by atoms with van der Waals surface area (Å²) in [6, 6.07) is 0. The van der Waals surface area contributed by atoms with Crippen LogP contribution in [0.2, 0.25) is 0 Å². The van der Waals surface area contributed by atoms with Crippen molar-refractivity contribution < 1.29 is 32.6 Å². The van der Waals surface area contributed by atoms with E-state index >= 15 is 0 Å². The third-order valence-electron chi connectivity index (χ3n) is 4.21. The van der Waals surface area contributed by atoms with Crippen LogP contribution < -0.4 is 0 Å². The number of rotatable bonds is 5. The number of alkyl halides is 3. The van der Waals surface area contributed by atoms with Gasteiger partial charge in [-0.3, -0.25) is 9.59 Å². The molecule has 0 aromatic rings. The van der Waals surface area contributed by atoms with Gasteiger partial charge in [0.2, 0.25) is 5.91 Å². The van der Waals surface area contributed by atoms with Crippen LogP contribution in [-0.2, 0) is 14.3 Å². The molecule has 9 heteroatoms. The fourth-order valence-corrected chi connectivity index (χ4v) is 3.90. The van der Waals surface area contributed by atoms with Crippen LogP contribution in [0.5, 0.6) is 0 Å². The Bertz CT molecular complexity index is 440. The van der Waals surface area contributed by atoms with Crippen LogP contribution in [0.1, 0.15) is 19.3 Å². The number of amides is 1. The van der Waals surface area contributed by atoms with Crippen molar-refractivity contribution in [3.8, 4) is 0 Å². The van der Waals surface area contributed by atoms with E-state index in [2.05, 4.69) is 0 Å². The molecular weight excluding hydrogens is 335 g/mol. The highest BCUT2D eigenvalue weighted by Crippen LogP contribution is 2.37. The lowest BCUT2D eigenvalue weighted by Crippen LogP contribution is -2.34. The molecule has 0 radical (unpaired) electrons. The van der Waals surface area contributed by atoms with E-state index in [0.29, 0.717) is 12.4 Å². The first-order valence-electron chi connectivity index (χ1n) is 7.55. The zero-order valence-corrected chi connectivity index (χ0v) is 13.4. The standard InChI is InChI=1S/C14H20F3NO4S/c15-14(16,17)11-6-18(5-10(11)13(20)21)12(19)8-23-7-9-3-1-2-4-22-9/h9-11H,1-8H2,(H,20,21)/t9?,10-,11-/m1/s1. The maximum absolute atomic E-state index is 12.9. The molecule has 0 spiro atoms. The number of carboxylic acid groups (broad SMARTS) is 1. The SMILES string of the molecule is O=C(O)[C@@H]1CN(C(=O)CSCC2CCCCO2)C[C@H]1C(F)(F)F. The molecule has 2 saturated heterocycles. The van der Waals surface area contributed by atoms with Gasteiger partial charge in [-0.15, -0.1) is 11.8 Å². The third kappa shape index (κ3) is 5.00. The van der Waals surface area contributed by atoms with Crippen LogP contribution >= 0.6 is 11.8 Å². The number of aliphatic carboxylic acids is 1. The highest BCUT2D eigenvalue weighted by atomic mass is 32.2. The maximum Gasteiger partial charge on any atom is 0.394 e. The number of hydrogen-bond donors (Lipinski definition) is 1.